The van der Waals surface area contributed by atoms with Crippen LogP contribution in [-0.4, -0.2) is 56.0 Å². The molecular formula is C33H38N6O3S3. The van der Waals surface area contributed by atoms with E-state index in [1.807, 2.05) is 83.2 Å². The van der Waals surface area contributed by atoms with E-state index in [4.69, 9.17) is 0 Å². The van der Waals surface area contributed by atoms with Crippen LogP contribution >= 0.6 is 35.3 Å². The zero-order valence-corrected chi connectivity index (χ0v) is 28.7. The highest BCUT2D eigenvalue weighted by Crippen LogP contribution is 2.26. The van der Waals surface area contributed by atoms with Crippen LogP contribution in [0.3, 0.4) is 0 Å². The third-order valence-electron chi connectivity index (χ3n) is 7.17. The van der Waals surface area contributed by atoms with Gasteiger partial charge in [-0.2, -0.15) is 15.0 Å². The molecule has 0 fully saturated rings. The minimum absolute atomic E-state index is 0.0653. The summed E-state index contributed by atoms with van der Waals surface area (Å²) in [7, 11) is 0. The fourth-order valence-electron chi connectivity index (χ4n) is 4.75. The molecule has 0 aliphatic heterocycles. The van der Waals surface area contributed by atoms with Crippen LogP contribution in [0.4, 0.5) is 11.4 Å². The van der Waals surface area contributed by atoms with Gasteiger partial charge in [0.05, 0.1) is 23.3 Å². The summed E-state index contributed by atoms with van der Waals surface area (Å²) < 4.78 is 0. The minimum Gasteiger partial charge on any atom is -0.348 e. The molecule has 45 heavy (non-hydrogen) atoms. The number of aromatic nitrogens is 3. The first-order valence-electron chi connectivity index (χ1n) is 14.5. The lowest BCUT2D eigenvalue weighted by Gasteiger charge is -2.26. The number of benzene rings is 2. The number of rotatable bonds is 12. The van der Waals surface area contributed by atoms with Gasteiger partial charge in [0.2, 0.25) is 17.7 Å². The van der Waals surface area contributed by atoms with E-state index in [2.05, 4.69) is 43.9 Å². The Morgan fingerprint density at radius 2 is 1.07 bits per heavy atom. The molecule has 0 bridgehead atoms. The first-order chi connectivity index (χ1) is 21.5. The third kappa shape index (κ3) is 9.94. The summed E-state index contributed by atoms with van der Waals surface area (Å²) in [5.74, 6) is -0.0454. The molecule has 0 saturated heterocycles. The normalized spacial score (nSPS) is 15.7. The third-order valence-corrected chi connectivity index (χ3v) is 9.71. The molecule has 1 heterocycles. The van der Waals surface area contributed by atoms with E-state index in [9.17, 15) is 14.4 Å². The first kappa shape index (κ1) is 34.3. The van der Waals surface area contributed by atoms with Crippen molar-refractivity contribution < 1.29 is 14.4 Å². The number of hydrogen-bond acceptors (Lipinski definition) is 9. The van der Waals surface area contributed by atoms with E-state index >= 15 is 0 Å². The highest BCUT2D eigenvalue weighted by atomic mass is 32.2. The topological polar surface area (TPSA) is 126 Å². The Morgan fingerprint density at radius 3 is 1.47 bits per heavy atom. The quantitative estimate of drug-likeness (QED) is 0.192. The molecule has 2 atom stereocenters. The van der Waals surface area contributed by atoms with Crippen LogP contribution < -0.4 is 16.0 Å². The van der Waals surface area contributed by atoms with Crippen molar-refractivity contribution in [2.45, 2.75) is 63.1 Å². The van der Waals surface area contributed by atoms with E-state index in [1.54, 1.807) is 0 Å². The van der Waals surface area contributed by atoms with Crippen molar-refractivity contribution in [3.05, 3.63) is 82.5 Å². The number of amides is 3. The lowest BCUT2D eigenvalue weighted by Crippen LogP contribution is -2.41. The van der Waals surface area contributed by atoms with Crippen LogP contribution in [0.1, 0.15) is 36.1 Å². The average Bonchev–Trinajstić information content (AvgIpc) is 3.00. The largest absolute Gasteiger partial charge is 0.348 e. The van der Waals surface area contributed by atoms with Crippen molar-refractivity contribution in [1.82, 2.24) is 20.3 Å². The van der Waals surface area contributed by atoms with Gasteiger partial charge in [0.15, 0.2) is 15.5 Å². The second-order valence-electron chi connectivity index (χ2n) is 10.9. The predicted octanol–water partition coefficient (Wildman–Crippen LogP) is 6.30. The van der Waals surface area contributed by atoms with E-state index in [1.165, 1.54) is 35.3 Å². The summed E-state index contributed by atoms with van der Waals surface area (Å²) in [4.78, 5) is 52.1. The maximum Gasteiger partial charge on any atom is 0.234 e. The zero-order valence-electron chi connectivity index (χ0n) is 26.3. The van der Waals surface area contributed by atoms with E-state index in [0.29, 0.717) is 15.5 Å². The summed E-state index contributed by atoms with van der Waals surface area (Å²) >= 11 is 3.54. The van der Waals surface area contributed by atoms with Crippen LogP contribution in [0.2, 0.25) is 0 Å². The summed E-state index contributed by atoms with van der Waals surface area (Å²) in [6.45, 7) is 11.9. The molecule has 2 aromatic carbocycles. The maximum atomic E-state index is 12.9. The van der Waals surface area contributed by atoms with Crippen molar-refractivity contribution in [1.29, 1.82) is 0 Å². The molecule has 3 N–H and O–H groups in total. The number of nitrogens with one attached hydrogen (secondary N) is 3. The minimum atomic E-state index is -0.187. The van der Waals surface area contributed by atoms with Gasteiger partial charge in [-0.15, -0.1) is 0 Å². The molecule has 12 heteroatoms. The molecule has 2 unspecified atom stereocenters. The summed E-state index contributed by atoms with van der Waals surface area (Å²) in [6, 6.07) is 11.6. The van der Waals surface area contributed by atoms with Gasteiger partial charge < -0.3 is 16.0 Å². The summed E-state index contributed by atoms with van der Waals surface area (Å²) in [5.41, 5.74) is 6.60. The van der Waals surface area contributed by atoms with Crippen LogP contribution in [0, 0.1) is 33.6 Å². The van der Waals surface area contributed by atoms with Gasteiger partial charge in [0.25, 0.3) is 0 Å². The van der Waals surface area contributed by atoms with Gasteiger partial charge in [0.1, 0.15) is 0 Å². The lowest BCUT2D eigenvalue weighted by atomic mass is 9.91. The molecule has 3 aromatic rings. The standard InChI is InChI=1S/C33H38N6O3S3/c1-19-10-7-11-20(2)28(19)34-25(40)16-43-31-37-32(44-17-26(41)35-29-21(3)12-8-13-22(29)4)39-33(38-31)45-18-27(42)36-30-23(5)14-9-15-24(30)6/h7-15,19,28H,16-18H2,1-6H3,(H,34,40)(H,35,41)(H,36,42). The first-order valence-corrected chi connectivity index (χ1v) is 17.5. The zero-order chi connectivity index (χ0) is 32.5. The van der Waals surface area contributed by atoms with Crippen molar-refractivity contribution in [2.24, 2.45) is 5.92 Å². The van der Waals surface area contributed by atoms with E-state index in [0.717, 1.165) is 39.2 Å². The summed E-state index contributed by atoms with van der Waals surface area (Å²) in [5, 5.41) is 10.1. The SMILES string of the molecule is CC1=CC=CC(C)C1NC(=O)CSc1nc(SCC(=O)Nc2c(C)cccc2C)nc(SCC(=O)Nc2c(C)cccc2C)n1. The molecule has 0 saturated carbocycles. The number of nitrogens with zero attached hydrogens (tertiary/aromatic N) is 3. The molecule has 236 valence electrons. The number of aryl methyl sites for hydroxylation is 4. The molecule has 9 nitrogen and oxygen atoms in total. The molecule has 4 rings (SSSR count). The van der Waals surface area contributed by atoms with Crippen molar-refractivity contribution in [3.8, 4) is 0 Å². The second kappa shape index (κ2) is 16.1. The van der Waals surface area contributed by atoms with Crippen molar-refractivity contribution in [3.63, 3.8) is 0 Å². The fraction of sp³-hybridized carbons (Fsp3) is 0.333. The maximum absolute atomic E-state index is 12.9. The highest BCUT2D eigenvalue weighted by molar-refractivity contribution is 8.01. The van der Waals surface area contributed by atoms with Crippen molar-refractivity contribution in [2.75, 3.05) is 27.9 Å². The van der Waals surface area contributed by atoms with Crippen molar-refractivity contribution >= 4 is 64.4 Å². The van der Waals surface area contributed by atoms with Gasteiger partial charge in [-0.3, -0.25) is 14.4 Å². The number of carbonyl (C=O) groups is 3. The van der Waals surface area contributed by atoms with E-state index < -0.39 is 0 Å². The van der Waals surface area contributed by atoms with E-state index in [-0.39, 0.29) is 46.9 Å². The van der Waals surface area contributed by atoms with Gasteiger partial charge in [-0.25, -0.2) is 0 Å². The second-order valence-corrected chi connectivity index (χ2v) is 13.7. The molecule has 3 amide bonds. The lowest BCUT2D eigenvalue weighted by molar-refractivity contribution is -0.119. The fourth-order valence-corrected chi connectivity index (χ4v) is 6.84. The Morgan fingerprint density at radius 1 is 0.667 bits per heavy atom. The summed E-state index contributed by atoms with van der Waals surface area (Å²) in [6.07, 6.45) is 6.08. The Bertz CT molecular complexity index is 1510. The Hall–Kier alpha value is -3.61. The Labute approximate surface area is 277 Å². The highest BCUT2D eigenvalue weighted by Gasteiger charge is 2.22. The van der Waals surface area contributed by atoms with Crippen LogP contribution in [0.25, 0.3) is 0 Å². The molecule has 1 aliphatic rings. The number of carbonyl (C=O) groups excluding carboxylic acids is 3. The predicted molar refractivity (Wildman–Crippen MR) is 185 cm³/mol. The van der Waals surface area contributed by atoms with Gasteiger partial charge in [0, 0.05) is 11.4 Å². The number of allylic oxidation sites excluding steroid dienone is 2. The van der Waals surface area contributed by atoms with Gasteiger partial charge in [-0.05, 0) is 62.8 Å². The van der Waals surface area contributed by atoms with Crippen LogP contribution in [0.15, 0.2) is 75.7 Å². The van der Waals surface area contributed by atoms with Crippen LogP contribution in [-0.2, 0) is 14.4 Å². The Balaban J connectivity index is 1.44. The molecule has 1 aromatic heterocycles. The molecule has 0 radical (unpaired) electrons. The number of anilines is 2. The Kier molecular flexibility index (Phi) is 12.3. The molecular weight excluding hydrogens is 625 g/mol. The van der Waals surface area contributed by atoms with Crippen LogP contribution in [0.5, 0.6) is 0 Å². The smallest absolute Gasteiger partial charge is 0.234 e. The number of thioether (sulfide) groups is 3. The molecule has 1 aliphatic carbocycles. The number of hydrogen-bond donors (Lipinski definition) is 3. The average molecular weight is 663 g/mol. The number of para-hydroxylation sites is 2. The van der Waals surface area contributed by atoms with Gasteiger partial charge >= 0.3 is 0 Å². The van der Waals surface area contributed by atoms with Gasteiger partial charge in [-0.1, -0.05) is 102 Å². The monoisotopic (exact) mass is 662 g/mol. The molecule has 0 spiro atoms.